The summed E-state index contributed by atoms with van der Waals surface area (Å²) in [5, 5.41) is 8.82. The van der Waals surface area contributed by atoms with Crippen molar-refractivity contribution in [1.29, 1.82) is 0 Å². The van der Waals surface area contributed by atoms with E-state index in [0.717, 1.165) is 0 Å². The Morgan fingerprint density at radius 1 is 1.06 bits per heavy atom. The molecule has 0 fully saturated rings. The number of carboxylic acid groups (broad SMARTS) is 1. The maximum atomic E-state index is 10.8. The van der Waals surface area contributed by atoms with Gasteiger partial charge < -0.3 is 5.11 Å². The summed E-state index contributed by atoms with van der Waals surface area (Å²) in [4.78, 5) is 19.0. The first-order chi connectivity index (χ1) is 7.66. The lowest BCUT2D eigenvalue weighted by Gasteiger charge is -2.01. The Morgan fingerprint density at radius 2 is 1.69 bits per heavy atom. The zero-order chi connectivity index (χ0) is 11.5. The molecule has 0 atom stereocenters. The standard InChI is InChI=1S/C11H7BrN2O2/c12-10-6-2-4-8(14-10)7-3-1-5-9(13-7)11(15)16/h1-6H,(H,15,16). The summed E-state index contributed by atoms with van der Waals surface area (Å²) in [6.45, 7) is 0. The molecule has 0 radical (unpaired) electrons. The maximum Gasteiger partial charge on any atom is 0.354 e. The Hall–Kier alpha value is -1.75. The van der Waals surface area contributed by atoms with E-state index < -0.39 is 5.97 Å². The third-order valence-corrected chi connectivity index (χ3v) is 2.39. The quantitative estimate of drug-likeness (QED) is 0.858. The van der Waals surface area contributed by atoms with Gasteiger partial charge in [-0.2, -0.15) is 0 Å². The zero-order valence-corrected chi connectivity index (χ0v) is 9.68. The predicted octanol–water partition coefficient (Wildman–Crippen LogP) is 2.60. The third kappa shape index (κ3) is 2.25. The van der Waals surface area contributed by atoms with Crippen molar-refractivity contribution in [3.8, 4) is 11.4 Å². The number of hydrogen-bond acceptors (Lipinski definition) is 3. The number of halogens is 1. The molecule has 0 unspecified atom stereocenters. The molecule has 16 heavy (non-hydrogen) atoms. The smallest absolute Gasteiger partial charge is 0.354 e. The van der Waals surface area contributed by atoms with Crippen LogP contribution in [0.4, 0.5) is 0 Å². The highest BCUT2D eigenvalue weighted by molar-refractivity contribution is 9.10. The van der Waals surface area contributed by atoms with Crippen LogP contribution < -0.4 is 0 Å². The second kappa shape index (κ2) is 4.40. The van der Waals surface area contributed by atoms with Crippen molar-refractivity contribution in [2.45, 2.75) is 0 Å². The van der Waals surface area contributed by atoms with E-state index in [1.165, 1.54) is 6.07 Å². The highest BCUT2D eigenvalue weighted by atomic mass is 79.9. The Labute approximate surface area is 100 Å². The minimum atomic E-state index is -1.04. The molecule has 0 bridgehead atoms. The lowest BCUT2D eigenvalue weighted by Crippen LogP contribution is -2.01. The van der Waals surface area contributed by atoms with Crippen LogP contribution in [-0.2, 0) is 0 Å². The molecule has 0 saturated carbocycles. The van der Waals surface area contributed by atoms with Crippen molar-refractivity contribution in [2.24, 2.45) is 0 Å². The average molecular weight is 279 g/mol. The van der Waals surface area contributed by atoms with Crippen molar-refractivity contribution >= 4 is 21.9 Å². The molecule has 0 aromatic carbocycles. The molecule has 0 spiro atoms. The molecule has 2 aromatic heterocycles. The van der Waals surface area contributed by atoms with E-state index in [0.29, 0.717) is 16.0 Å². The first-order valence-corrected chi connectivity index (χ1v) is 5.29. The normalized spacial score (nSPS) is 10.1. The van der Waals surface area contributed by atoms with Crippen molar-refractivity contribution in [3.05, 3.63) is 46.7 Å². The number of nitrogens with zero attached hydrogens (tertiary/aromatic N) is 2. The lowest BCUT2D eigenvalue weighted by molar-refractivity contribution is 0.0690. The Bertz CT molecular complexity index is 543. The molecule has 2 aromatic rings. The number of aromatic carboxylic acids is 1. The molecular weight excluding hydrogens is 272 g/mol. The third-order valence-electron chi connectivity index (χ3n) is 1.95. The predicted molar refractivity (Wildman–Crippen MR) is 62.1 cm³/mol. The molecule has 0 aliphatic carbocycles. The SMILES string of the molecule is O=C(O)c1cccc(-c2cccc(Br)n2)n1. The molecule has 4 nitrogen and oxygen atoms in total. The van der Waals surface area contributed by atoms with E-state index in [-0.39, 0.29) is 5.69 Å². The van der Waals surface area contributed by atoms with Crippen molar-refractivity contribution in [3.63, 3.8) is 0 Å². The molecule has 0 aliphatic heterocycles. The van der Waals surface area contributed by atoms with Gasteiger partial charge in [-0.3, -0.25) is 0 Å². The van der Waals surface area contributed by atoms with Gasteiger partial charge in [-0.05, 0) is 40.2 Å². The van der Waals surface area contributed by atoms with E-state index in [4.69, 9.17) is 5.11 Å². The van der Waals surface area contributed by atoms with E-state index in [1.807, 2.05) is 6.07 Å². The van der Waals surface area contributed by atoms with Crippen molar-refractivity contribution < 1.29 is 9.90 Å². The van der Waals surface area contributed by atoms with Crippen LogP contribution in [-0.4, -0.2) is 21.0 Å². The van der Waals surface area contributed by atoms with E-state index in [9.17, 15) is 4.79 Å². The fraction of sp³-hybridized carbons (Fsp3) is 0. The number of rotatable bonds is 2. The lowest BCUT2D eigenvalue weighted by atomic mass is 10.2. The second-order valence-corrected chi connectivity index (χ2v) is 3.87. The zero-order valence-electron chi connectivity index (χ0n) is 8.09. The van der Waals surface area contributed by atoms with Crippen LogP contribution in [0.3, 0.4) is 0 Å². The van der Waals surface area contributed by atoms with Crippen LogP contribution in [0.1, 0.15) is 10.5 Å². The van der Waals surface area contributed by atoms with Crippen LogP contribution in [0.2, 0.25) is 0 Å². The minimum Gasteiger partial charge on any atom is -0.477 e. The van der Waals surface area contributed by atoms with Crippen molar-refractivity contribution in [1.82, 2.24) is 9.97 Å². The van der Waals surface area contributed by atoms with Crippen LogP contribution in [0, 0.1) is 0 Å². The summed E-state index contributed by atoms with van der Waals surface area (Å²) in [7, 11) is 0. The van der Waals surface area contributed by atoms with Crippen molar-refractivity contribution in [2.75, 3.05) is 0 Å². The fourth-order valence-electron chi connectivity index (χ4n) is 1.25. The van der Waals surface area contributed by atoms with Crippen LogP contribution in [0.25, 0.3) is 11.4 Å². The molecule has 0 aliphatic rings. The van der Waals surface area contributed by atoms with E-state index in [2.05, 4.69) is 25.9 Å². The van der Waals surface area contributed by atoms with Gasteiger partial charge in [0.25, 0.3) is 0 Å². The molecule has 1 N–H and O–H groups in total. The molecule has 5 heteroatoms. The Balaban J connectivity index is 2.48. The summed E-state index contributed by atoms with van der Waals surface area (Å²) in [5.74, 6) is -1.04. The number of pyridine rings is 2. The minimum absolute atomic E-state index is 0.0132. The van der Waals surface area contributed by atoms with Gasteiger partial charge in [0.2, 0.25) is 0 Å². The molecule has 2 rings (SSSR count). The molecule has 0 saturated heterocycles. The maximum absolute atomic E-state index is 10.8. The van der Waals surface area contributed by atoms with Gasteiger partial charge in [-0.15, -0.1) is 0 Å². The number of hydrogen-bond donors (Lipinski definition) is 1. The molecular formula is C11H7BrN2O2. The molecule has 80 valence electrons. The van der Waals surface area contributed by atoms with Crippen LogP contribution >= 0.6 is 15.9 Å². The fourth-order valence-corrected chi connectivity index (χ4v) is 1.59. The largest absolute Gasteiger partial charge is 0.477 e. The van der Waals surface area contributed by atoms with Gasteiger partial charge in [0, 0.05) is 0 Å². The first-order valence-electron chi connectivity index (χ1n) is 4.50. The summed E-state index contributed by atoms with van der Waals surface area (Å²) >= 11 is 3.25. The van der Waals surface area contributed by atoms with Crippen LogP contribution in [0.5, 0.6) is 0 Å². The second-order valence-electron chi connectivity index (χ2n) is 3.06. The van der Waals surface area contributed by atoms with E-state index >= 15 is 0 Å². The number of carbonyl (C=O) groups is 1. The van der Waals surface area contributed by atoms with Gasteiger partial charge in [0.05, 0.1) is 11.4 Å². The summed E-state index contributed by atoms with van der Waals surface area (Å²) in [6, 6.07) is 10.2. The average Bonchev–Trinajstić information content (AvgIpc) is 2.29. The highest BCUT2D eigenvalue weighted by Crippen LogP contribution is 2.17. The van der Waals surface area contributed by atoms with E-state index in [1.54, 1.807) is 24.3 Å². The van der Waals surface area contributed by atoms with Gasteiger partial charge in [-0.1, -0.05) is 12.1 Å². The number of aromatic nitrogens is 2. The first kappa shape index (κ1) is 10.8. The monoisotopic (exact) mass is 278 g/mol. The summed E-state index contributed by atoms with van der Waals surface area (Å²) < 4.78 is 0.688. The molecule has 2 heterocycles. The van der Waals surface area contributed by atoms with Gasteiger partial charge >= 0.3 is 5.97 Å². The highest BCUT2D eigenvalue weighted by Gasteiger charge is 2.07. The summed E-state index contributed by atoms with van der Waals surface area (Å²) in [5.41, 5.74) is 1.19. The topological polar surface area (TPSA) is 63.1 Å². The van der Waals surface area contributed by atoms with Crippen LogP contribution in [0.15, 0.2) is 41.0 Å². The summed E-state index contributed by atoms with van der Waals surface area (Å²) in [6.07, 6.45) is 0. The molecule has 0 amide bonds. The Morgan fingerprint density at radius 3 is 2.31 bits per heavy atom. The van der Waals surface area contributed by atoms with Gasteiger partial charge in [-0.25, -0.2) is 14.8 Å². The number of carboxylic acids is 1. The van der Waals surface area contributed by atoms with Gasteiger partial charge in [0.1, 0.15) is 10.3 Å². The Kier molecular flexibility index (Phi) is 2.96. The van der Waals surface area contributed by atoms with Gasteiger partial charge in [0.15, 0.2) is 0 Å².